The summed E-state index contributed by atoms with van der Waals surface area (Å²) in [5.74, 6) is 0. The largest absolute Gasteiger partial charge is 0.465 e. The smallest absolute Gasteiger partial charge is 0.407 e. The molecule has 0 spiro atoms. The minimum Gasteiger partial charge on any atom is -0.465 e. The second kappa shape index (κ2) is 7.38. The van der Waals surface area contributed by atoms with Gasteiger partial charge in [0.05, 0.1) is 18.2 Å². The molecule has 2 aromatic carbocycles. The molecule has 0 fully saturated rings. The lowest BCUT2D eigenvalue weighted by Gasteiger charge is -2.15. The van der Waals surface area contributed by atoms with Crippen LogP contribution in [0.25, 0.3) is 11.1 Å². The molecule has 3 rings (SSSR count). The van der Waals surface area contributed by atoms with E-state index in [1.165, 1.54) is 9.80 Å². The third-order valence-electron chi connectivity index (χ3n) is 4.56. The van der Waals surface area contributed by atoms with E-state index >= 15 is 0 Å². The molecule has 2 N–H and O–H groups in total. The average Bonchev–Trinajstić information content (AvgIpc) is 3.10. The van der Waals surface area contributed by atoms with Gasteiger partial charge in [0.2, 0.25) is 0 Å². The van der Waals surface area contributed by atoms with Crippen molar-refractivity contribution in [2.24, 2.45) is 0 Å². The molecule has 7 nitrogen and oxygen atoms in total. The normalized spacial score (nSPS) is 12.3. The van der Waals surface area contributed by atoms with Crippen molar-refractivity contribution < 1.29 is 14.7 Å². The molecule has 138 valence electrons. The third kappa shape index (κ3) is 3.85. The number of carboxylic acid groups (broad SMARTS) is 1. The number of carbonyl (C=O) groups excluding carboxylic acids is 1. The van der Waals surface area contributed by atoms with Gasteiger partial charge in [-0.2, -0.15) is 5.26 Å². The van der Waals surface area contributed by atoms with Gasteiger partial charge in [-0.3, -0.25) is 4.90 Å². The number of hydrogen-bond donors (Lipinski definition) is 2. The first kappa shape index (κ1) is 18.3. The molecule has 0 unspecified atom stereocenters. The van der Waals surface area contributed by atoms with Crippen LogP contribution in [0.15, 0.2) is 36.4 Å². The van der Waals surface area contributed by atoms with Gasteiger partial charge in [0, 0.05) is 27.2 Å². The van der Waals surface area contributed by atoms with Gasteiger partial charge in [-0.25, -0.2) is 9.59 Å². The number of amides is 3. The summed E-state index contributed by atoms with van der Waals surface area (Å²) in [4.78, 5) is 26.0. The zero-order valence-electron chi connectivity index (χ0n) is 15.2. The molecular weight excluding hydrogens is 344 g/mol. The van der Waals surface area contributed by atoms with Crippen LogP contribution < -0.4 is 5.32 Å². The highest BCUT2D eigenvalue weighted by atomic mass is 16.4. The van der Waals surface area contributed by atoms with Crippen LogP contribution in [-0.4, -0.2) is 41.1 Å². The fourth-order valence-corrected chi connectivity index (χ4v) is 3.13. The first-order valence-electron chi connectivity index (χ1n) is 8.47. The van der Waals surface area contributed by atoms with Crippen LogP contribution in [0.3, 0.4) is 0 Å². The van der Waals surface area contributed by atoms with E-state index in [4.69, 9.17) is 5.26 Å². The van der Waals surface area contributed by atoms with Crippen LogP contribution in [-0.2, 0) is 19.6 Å². The SMILES string of the molecule is CN(C)C(=O)NCc1cc2c(c(-c3ccc(C#N)cc3)c1)CN(C(=O)O)C2. The standard InChI is InChI=1S/C20H20N4O3/c1-23(2)19(25)22-10-14-7-16-11-24(20(26)27)12-18(16)17(8-14)15-5-3-13(9-21)4-6-15/h3-8H,10-12H2,1-2H3,(H,22,25)(H,26,27). The van der Waals surface area contributed by atoms with Crippen LogP contribution in [0.2, 0.25) is 0 Å². The Hall–Kier alpha value is -3.53. The molecular formula is C20H20N4O3. The Bertz CT molecular complexity index is 929. The quantitative estimate of drug-likeness (QED) is 0.875. The van der Waals surface area contributed by atoms with Crippen molar-refractivity contribution in [3.63, 3.8) is 0 Å². The second-order valence-electron chi connectivity index (χ2n) is 6.66. The van der Waals surface area contributed by atoms with Crippen molar-refractivity contribution in [2.45, 2.75) is 19.6 Å². The van der Waals surface area contributed by atoms with Crippen molar-refractivity contribution >= 4 is 12.1 Å². The predicted molar refractivity (Wildman–Crippen MR) is 99.8 cm³/mol. The molecule has 1 heterocycles. The highest BCUT2D eigenvalue weighted by Gasteiger charge is 2.26. The third-order valence-corrected chi connectivity index (χ3v) is 4.56. The Morgan fingerprint density at radius 1 is 1.22 bits per heavy atom. The summed E-state index contributed by atoms with van der Waals surface area (Å²) in [6.45, 7) is 0.994. The predicted octanol–water partition coefficient (Wildman–Crippen LogP) is 2.99. The summed E-state index contributed by atoms with van der Waals surface area (Å²) >= 11 is 0. The molecule has 1 aliphatic heterocycles. The fraction of sp³-hybridized carbons (Fsp3) is 0.250. The second-order valence-corrected chi connectivity index (χ2v) is 6.66. The van der Waals surface area contributed by atoms with E-state index in [0.29, 0.717) is 25.2 Å². The van der Waals surface area contributed by atoms with Crippen LogP contribution in [0, 0.1) is 11.3 Å². The lowest BCUT2D eigenvalue weighted by molar-refractivity contribution is 0.145. The van der Waals surface area contributed by atoms with Gasteiger partial charge in [0.15, 0.2) is 0 Å². The van der Waals surface area contributed by atoms with Gasteiger partial charge in [-0.1, -0.05) is 18.2 Å². The van der Waals surface area contributed by atoms with Crippen molar-refractivity contribution in [2.75, 3.05) is 14.1 Å². The molecule has 0 atom stereocenters. The van der Waals surface area contributed by atoms with E-state index in [0.717, 1.165) is 27.8 Å². The van der Waals surface area contributed by atoms with Gasteiger partial charge in [-0.15, -0.1) is 0 Å². The van der Waals surface area contributed by atoms with Gasteiger partial charge < -0.3 is 15.3 Å². The highest BCUT2D eigenvalue weighted by molar-refractivity contribution is 5.75. The van der Waals surface area contributed by atoms with Crippen molar-refractivity contribution in [1.29, 1.82) is 5.26 Å². The van der Waals surface area contributed by atoms with Crippen molar-refractivity contribution in [1.82, 2.24) is 15.1 Å². The van der Waals surface area contributed by atoms with Crippen LogP contribution in [0.4, 0.5) is 9.59 Å². The van der Waals surface area contributed by atoms with Gasteiger partial charge in [0.1, 0.15) is 0 Å². The molecule has 0 aliphatic carbocycles. The molecule has 3 amide bonds. The lowest BCUT2D eigenvalue weighted by atomic mass is 9.94. The Labute approximate surface area is 157 Å². The molecule has 0 saturated heterocycles. The number of nitrogens with zero attached hydrogens (tertiary/aromatic N) is 3. The average molecular weight is 364 g/mol. The number of hydrogen-bond acceptors (Lipinski definition) is 3. The summed E-state index contributed by atoms with van der Waals surface area (Å²) in [6.07, 6.45) is -0.959. The molecule has 0 bridgehead atoms. The lowest BCUT2D eigenvalue weighted by Crippen LogP contribution is -2.33. The molecule has 1 aliphatic rings. The van der Waals surface area contributed by atoms with E-state index in [2.05, 4.69) is 11.4 Å². The number of urea groups is 1. The van der Waals surface area contributed by atoms with E-state index in [1.54, 1.807) is 26.2 Å². The Morgan fingerprint density at radius 2 is 1.93 bits per heavy atom. The van der Waals surface area contributed by atoms with E-state index in [-0.39, 0.29) is 6.03 Å². The van der Waals surface area contributed by atoms with Crippen LogP contribution in [0.1, 0.15) is 22.3 Å². The first-order chi connectivity index (χ1) is 12.9. The summed E-state index contributed by atoms with van der Waals surface area (Å²) in [5.41, 5.74) is 5.21. The molecule has 27 heavy (non-hydrogen) atoms. The Balaban J connectivity index is 1.98. The maximum Gasteiger partial charge on any atom is 0.407 e. The summed E-state index contributed by atoms with van der Waals surface area (Å²) in [6, 6.07) is 13.0. The highest BCUT2D eigenvalue weighted by Crippen LogP contribution is 2.34. The van der Waals surface area contributed by atoms with E-state index < -0.39 is 6.09 Å². The number of nitriles is 1. The molecule has 0 saturated carbocycles. The minimum atomic E-state index is -0.959. The number of rotatable bonds is 3. The number of carbonyl (C=O) groups is 2. The minimum absolute atomic E-state index is 0.192. The topological polar surface area (TPSA) is 96.7 Å². The summed E-state index contributed by atoms with van der Waals surface area (Å²) in [7, 11) is 3.34. The van der Waals surface area contributed by atoms with Crippen molar-refractivity contribution in [3.8, 4) is 17.2 Å². The first-order valence-corrected chi connectivity index (χ1v) is 8.47. The summed E-state index contributed by atoms with van der Waals surface area (Å²) in [5, 5.41) is 21.2. The van der Waals surface area contributed by atoms with E-state index in [9.17, 15) is 14.7 Å². The monoisotopic (exact) mass is 364 g/mol. The van der Waals surface area contributed by atoms with Crippen molar-refractivity contribution in [3.05, 3.63) is 58.7 Å². The Morgan fingerprint density at radius 3 is 2.52 bits per heavy atom. The number of benzene rings is 2. The molecule has 0 radical (unpaired) electrons. The molecule has 0 aromatic heterocycles. The van der Waals surface area contributed by atoms with Gasteiger partial charge in [0.25, 0.3) is 0 Å². The van der Waals surface area contributed by atoms with E-state index in [1.807, 2.05) is 24.3 Å². The maximum absolute atomic E-state index is 11.8. The van der Waals surface area contributed by atoms with Gasteiger partial charge in [-0.05, 0) is 46.0 Å². The Kier molecular flexibility index (Phi) is 4.99. The maximum atomic E-state index is 11.8. The zero-order chi connectivity index (χ0) is 19.6. The summed E-state index contributed by atoms with van der Waals surface area (Å²) < 4.78 is 0. The van der Waals surface area contributed by atoms with Crippen LogP contribution >= 0.6 is 0 Å². The zero-order valence-corrected chi connectivity index (χ0v) is 15.2. The number of fused-ring (bicyclic) bond motifs is 1. The number of nitrogens with one attached hydrogen (secondary N) is 1. The fourth-order valence-electron chi connectivity index (χ4n) is 3.13. The molecule has 2 aromatic rings. The molecule has 7 heteroatoms. The van der Waals surface area contributed by atoms with Crippen LogP contribution in [0.5, 0.6) is 0 Å². The van der Waals surface area contributed by atoms with Gasteiger partial charge >= 0.3 is 12.1 Å².